The lowest BCUT2D eigenvalue weighted by atomic mass is 9.77. The summed E-state index contributed by atoms with van der Waals surface area (Å²) in [5, 5.41) is 0. The molecule has 0 amide bonds. The normalized spacial score (nSPS) is 17.6. The summed E-state index contributed by atoms with van der Waals surface area (Å²) in [6.07, 6.45) is 5.56. The highest BCUT2D eigenvalue weighted by atomic mass is 16.2. The Hall–Kier alpha value is -1.18. The van der Waals surface area contributed by atoms with Crippen LogP contribution in [0.25, 0.3) is 0 Å². The van der Waals surface area contributed by atoms with Crippen LogP contribution >= 0.6 is 0 Å². The lowest BCUT2D eigenvalue weighted by Crippen LogP contribution is -2.27. The van der Waals surface area contributed by atoms with Gasteiger partial charge in [0.1, 0.15) is 0 Å². The van der Waals surface area contributed by atoms with Crippen molar-refractivity contribution in [3.05, 3.63) is 23.8 Å². The summed E-state index contributed by atoms with van der Waals surface area (Å²) in [5.41, 5.74) is 0.430. The van der Waals surface area contributed by atoms with Crippen LogP contribution in [-0.4, -0.2) is 11.6 Å². The van der Waals surface area contributed by atoms with Crippen LogP contribution in [0.2, 0.25) is 0 Å². The molecule has 1 aliphatic carbocycles. The van der Waals surface area contributed by atoms with E-state index in [0.29, 0.717) is 5.57 Å². The number of ketones is 2. The van der Waals surface area contributed by atoms with Gasteiger partial charge in [-0.2, -0.15) is 0 Å². The molecular weight excluding hydrogens is 164 g/mol. The molecule has 2 heteroatoms. The Morgan fingerprint density at radius 2 is 1.92 bits per heavy atom. The first kappa shape index (κ1) is 9.90. The smallest absolute Gasteiger partial charge is 0.229 e. The van der Waals surface area contributed by atoms with Crippen molar-refractivity contribution in [2.24, 2.45) is 5.41 Å². The molecule has 0 saturated carbocycles. The van der Waals surface area contributed by atoms with E-state index in [1.54, 1.807) is 12.2 Å². The lowest BCUT2D eigenvalue weighted by Gasteiger charge is -2.25. The van der Waals surface area contributed by atoms with E-state index in [1.165, 1.54) is 6.08 Å². The molecule has 2 nitrogen and oxygen atoms in total. The van der Waals surface area contributed by atoms with E-state index >= 15 is 0 Å². The van der Waals surface area contributed by atoms with Gasteiger partial charge in [-0.3, -0.25) is 9.59 Å². The molecule has 0 atom stereocenters. The Balaban J connectivity index is 3.05. The van der Waals surface area contributed by atoms with Crippen molar-refractivity contribution in [1.29, 1.82) is 0 Å². The van der Waals surface area contributed by atoms with Gasteiger partial charge in [-0.25, -0.2) is 0 Å². The van der Waals surface area contributed by atoms with Crippen LogP contribution in [0.5, 0.6) is 0 Å². The van der Waals surface area contributed by atoms with Crippen molar-refractivity contribution in [3.8, 4) is 0 Å². The van der Waals surface area contributed by atoms with Gasteiger partial charge in [-0.15, -0.1) is 0 Å². The Kier molecular flexibility index (Phi) is 2.50. The summed E-state index contributed by atoms with van der Waals surface area (Å²) in [4.78, 5) is 22.6. The largest absolute Gasteiger partial charge is 0.286 e. The minimum Gasteiger partial charge on any atom is -0.286 e. The van der Waals surface area contributed by atoms with E-state index in [1.807, 2.05) is 20.8 Å². The van der Waals surface area contributed by atoms with Gasteiger partial charge in [0.05, 0.1) is 0 Å². The molecule has 0 bridgehead atoms. The molecule has 0 aromatic heterocycles. The zero-order chi connectivity index (χ0) is 10.1. The van der Waals surface area contributed by atoms with Gasteiger partial charge in [0.15, 0.2) is 0 Å². The molecule has 0 aliphatic heterocycles. The van der Waals surface area contributed by atoms with Crippen LogP contribution < -0.4 is 0 Å². The Bertz CT molecular complexity index is 306. The number of hydrogen-bond donors (Lipinski definition) is 0. The summed E-state index contributed by atoms with van der Waals surface area (Å²) < 4.78 is 0. The van der Waals surface area contributed by atoms with E-state index in [2.05, 4.69) is 0 Å². The van der Waals surface area contributed by atoms with Crippen molar-refractivity contribution in [2.45, 2.75) is 27.2 Å². The molecule has 0 N–H and O–H groups in total. The number of carbonyl (C=O) groups excluding carboxylic acids is 2. The van der Waals surface area contributed by atoms with E-state index in [9.17, 15) is 9.59 Å². The molecule has 0 spiro atoms. The third kappa shape index (κ3) is 1.77. The molecular formula is C11H14O2. The highest BCUT2D eigenvalue weighted by Gasteiger charge is 2.30. The first-order valence-corrected chi connectivity index (χ1v) is 4.46. The van der Waals surface area contributed by atoms with Crippen LogP contribution in [0.1, 0.15) is 27.2 Å². The maximum Gasteiger partial charge on any atom is 0.229 e. The van der Waals surface area contributed by atoms with Crippen LogP contribution in [0, 0.1) is 5.41 Å². The van der Waals surface area contributed by atoms with E-state index in [4.69, 9.17) is 0 Å². The highest BCUT2D eigenvalue weighted by molar-refractivity contribution is 6.48. The average molecular weight is 178 g/mol. The quantitative estimate of drug-likeness (QED) is 0.479. The molecule has 1 rings (SSSR count). The summed E-state index contributed by atoms with van der Waals surface area (Å²) >= 11 is 0. The molecule has 0 unspecified atom stereocenters. The third-order valence-corrected chi connectivity index (χ3v) is 2.59. The standard InChI is InChI=1S/C11H14O2/c1-4-11(2,3)8-6-5-7-9(12)10(8)13/h5-7H,4H2,1-3H3. The highest BCUT2D eigenvalue weighted by Crippen LogP contribution is 2.31. The maximum atomic E-state index is 11.5. The minimum absolute atomic E-state index is 0.197. The summed E-state index contributed by atoms with van der Waals surface area (Å²) in [7, 11) is 0. The topological polar surface area (TPSA) is 34.1 Å². The predicted octanol–water partition coefficient (Wildman–Crippen LogP) is 2.06. The lowest BCUT2D eigenvalue weighted by molar-refractivity contribution is -0.132. The molecule has 0 saturated heterocycles. The molecule has 0 fully saturated rings. The average Bonchev–Trinajstić information content (AvgIpc) is 2.09. The molecule has 1 aliphatic rings. The minimum atomic E-state index is -0.404. The predicted molar refractivity (Wildman–Crippen MR) is 51.3 cm³/mol. The second-order valence-electron chi connectivity index (χ2n) is 3.87. The third-order valence-electron chi connectivity index (χ3n) is 2.59. The SMILES string of the molecule is CCC(C)(C)C1=CC=CC(=O)C1=O. The first-order valence-electron chi connectivity index (χ1n) is 4.46. The van der Waals surface area contributed by atoms with Crippen molar-refractivity contribution in [1.82, 2.24) is 0 Å². The van der Waals surface area contributed by atoms with Gasteiger partial charge in [-0.05, 0) is 17.9 Å². The van der Waals surface area contributed by atoms with Gasteiger partial charge in [0, 0.05) is 5.57 Å². The fourth-order valence-corrected chi connectivity index (χ4v) is 1.24. The number of rotatable bonds is 2. The van der Waals surface area contributed by atoms with Gasteiger partial charge < -0.3 is 0 Å². The van der Waals surface area contributed by atoms with E-state index < -0.39 is 5.78 Å². The van der Waals surface area contributed by atoms with E-state index in [0.717, 1.165) is 6.42 Å². The Morgan fingerprint density at radius 1 is 1.31 bits per heavy atom. The zero-order valence-electron chi connectivity index (χ0n) is 8.26. The second-order valence-corrected chi connectivity index (χ2v) is 3.87. The second kappa shape index (κ2) is 3.29. The molecule has 0 radical (unpaired) electrons. The van der Waals surface area contributed by atoms with Crippen LogP contribution in [0.15, 0.2) is 23.8 Å². The van der Waals surface area contributed by atoms with Crippen molar-refractivity contribution < 1.29 is 9.59 Å². The van der Waals surface area contributed by atoms with Crippen molar-refractivity contribution >= 4 is 11.6 Å². The number of carbonyl (C=O) groups is 2. The van der Waals surface area contributed by atoms with Crippen LogP contribution in [0.3, 0.4) is 0 Å². The molecule has 0 aromatic rings. The number of Topliss-reactive ketones (excluding diaryl/α,β-unsaturated/α-hetero) is 1. The number of allylic oxidation sites excluding steroid dienone is 4. The van der Waals surface area contributed by atoms with Gasteiger partial charge in [0.25, 0.3) is 0 Å². The molecule has 0 heterocycles. The summed E-state index contributed by atoms with van der Waals surface area (Å²) in [6, 6.07) is 0. The summed E-state index contributed by atoms with van der Waals surface area (Å²) in [6.45, 7) is 5.96. The number of hydrogen-bond acceptors (Lipinski definition) is 2. The van der Waals surface area contributed by atoms with E-state index in [-0.39, 0.29) is 11.2 Å². The Labute approximate surface area is 78.3 Å². The first-order chi connectivity index (χ1) is 5.99. The molecule has 13 heavy (non-hydrogen) atoms. The maximum absolute atomic E-state index is 11.5. The Morgan fingerprint density at radius 3 is 2.46 bits per heavy atom. The fraction of sp³-hybridized carbons (Fsp3) is 0.455. The van der Waals surface area contributed by atoms with Crippen molar-refractivity contribution in [2.75, 3.05) is 0 Å². The monoisotopic (exact) mass is 178 g/mol. The molecule has 0 aromatic carbocycles. The zero-order valence-corrected chi connectivity index (χ0v) is 8.26. The van der Waals surface area contributed by atoms with Gasteiger partial charge in [-0.1, -0.05) is 32.9 Å². The van der Waals surface area contributed by atoms with Gasteiger partial charge >= 0.3 is 0 Å². The summed E-state index contributed by atoms with van der Waals surface area (Å²) in [5.74, 6) is -0.756. The van der Waals surface area contributed by atoms with Crippen LogP contribution in [0.4, 0.5) is 0 Å². The van der Waals surface area contributed by atoms with Gasteiger partial charge in [0.2, 0.25) is 11.6 Å². The van der Waals surface area contributed by atoms with Crippen LogP contribution in [-0.2, 0) is 9.59 Å². The van der Waals surface area contributed by atoms with Crippen molar-refractivity contribution in [3.63, 3.8) is 0 Å². The molecule has 70 valence electrons. The fourth-order valence-electron chi connectivity index (χ4n) is 1.24.